The summed E-state index contributed by atoms with van der Waals surface area (Å²) < 4.78 is 5.21. The second-order valence-electron chi connectivity index (χ2n) is 4.98. The molecule has 2 atom stereocenters. The molecule has 110 valence electrons. The molecular formula is C16H16Cl2N2O. The summed E-state index contributed by atoms with van der Waals surface area (Å²) in [6, 6.07) is 15.8. The molecule has 3 nitrogen and oxygen atoms in total. The van der Waals surface area contributed by atoms with Crippen LogP contribution in [0.25, 0.3) is 0 Å². The molecule has 0 radical (unpaired) electrons. The van der Waals surface area contributed by atoms with Crippen molar-refractivity contribution in [2.45, 2.75) is 18.7 Å². The largest absolute Gasteiger partial charge is 0.356 e. The molecule has 2 aromatic carbocycles. The predicted octanol–water partition coefficient (Wildman–Crippen LogP) is 4.12. The third-order valence-electron chi connectivity index (χ3n) is 3.88. The lowest BCUT2D eigenvalue weighted by Crippen LogP contribution is -2.52. The standard InChI is InChI=1S/C16H16Cl2N2O/c1-2-19-16(11-7-3-5-9-13(11)17)12-8-4-6-10-14(12)20-15(16)21-18/h3-10,15,19-20H,2H2,1H3. The van der Waals surface area contributed by atoms with Gasteiger partial charge < -0.3 is 10.6 Å². The Balaban J connectivity index is 2.27. The molecule has 2 N–H and O–H groups in total. The number of para-hydroxylation sites is 1. The van der Waals surface area contributed by atoms with Gasteiger partial charge in [-0.3, -0.25) is 4.29 Å². The molecule has 2 aromatic rings. The van der Waals surface area contributed by atoms with Crippen LogP contribution in [0.15, 0.2) is 48.5 Å². The minimum absolute atomic E-state index is 0.448. The highest BCUT2D eigenvalue weighted by Crippen LogP contribution is 2.46. The highest BCUT2D eigenvalue weighted by atomic mass is 35.5. The number of halogens is 2. The zero-order valence-electron chi connectivity index (χ0n) is 11.6. The first-order valence-electron chi connectivity index (χ1n) is 6.87. The van der Waals surface area contributed by atoms with Crippen LogP contribution in [0.4, 0.5) is 5.69 Å². The average molecular weight is 323 g/mol. The molecule has 0 bridgehead atoms. The van der Waals surface area contributed by atoms with Gasteiger partial charge in [0.25, 0.3) is 0 Å². The fourth-order valence-corrected chi connectivity index (χ4v) is 3.52. The molecule has 2 unspecified atom stereocenters. The van der Waals surface area contributed by atoms with E-state index in [-0.39, 0.29) is 0 Å². The number of hydrogen-bond donors (Lipinski definition) is 2. The van der Waals surface area contributed by atoms with Crippen molar-refractivity contribution in [3.8, 4) is 0 Å². The highest BCUT2D eigenvalue weighted by Gasteiger charge is 2.50. The molecule has 0 aromatic heterocycles. The van der Waals surface area contributed by atoms with Crippen molar-refractivity contribution in [1.82, 2.24) is 5.32 Å². The molecule has 0 saturated heterocycles. The van der Waals surface area contributed by atoms with Gasteiger partial charge >= 0.3 is 0 Å². The molecule has 1 heterocycles. The maximum atomic E-state index is 6.45. The summed E-state index contributed by atoms with van der Waals surface area (Å²) in [5, 5.41) is 7.50. The fraction of sp³-hybridized carbons (Fsp3) is 0.250. The Morgan fingerprint density at radius 3 is 2.48 bits per heavy atom. The van der Waals surface area contributed by atoms with Crippen LogP contribution >= 0.6 is 23.5 Å². The molecule has 0 amide bonds. The van der Waals surface area contributed by atoms with Gasteiger partial charge in [-0.05, 0) is 24.2 Å². The number of benzene rings is 2. The Hall–Kier alpha value is -1.26. The van der Waals surface area contributed by atoms with Gasteiger partial charge in [-0.15, -0.1) is 0 Å². The van der Waals surface area contributed by atoms with Crippen LogP contribution in [0.2, 0.25) is 5.02 Å². The smallest absolute Gasteiger partial charge is 0.175 e. The van der Waals surface area contributed by atoms with Gasteiger partial charge in [-0.1, -0.05) is 54.9 Å². The van der Waals surface area contributed by atoms with Gasteiger partial charge in [-0.25, -0.2) is 0 Å². The summed E-state index contributed by atoms with van der Waals surface area (Å²) in [5.74, 6) is 0. The first-order valence-corrected chi connectivity index (χ1v) is 7.56. The quantitative estimate of drug-likeness (QED) is 0.888. The van der Waals surface area contributed by atoms with Crippen molar-refractivity contribution < 1.29 is 4.29 Å². The van der Waals surface area contributed by atoms with Crippen molar-refractivity contribution in [3.05, 3.63) is 64.7 Å². The second-order valence-corrected chi connectivity index (χ2v) is 5.56. The lowest BCUT2D eigenvalue weighted by molar-refractivity contribution is 0.156. The van der Waals surface area contributed by atoms with Crippen LogP contribution < -0.4 is 10.6 Å². The normalized spacial score (nSPS) is 23.7. The van der Waals surface area contributed by atoms with Gasteiger partial charge in [0.1, 0.15) is 5.54 Å². The molecular weight excluding hydrogens is 307 g/mol. The number of fused-ring (bicyclic) bond motifs is 1. The Kier molecular flexibility index (Phi) is 4.09. The van der Waals surface area contributed by atoms with Crippen molar-refractivity contribution >= 4 is 29.2 Å². The monoisotopic (exact) mass is 322 g/mol. The van der Waals surface area contributed by atoms with Crippen LogP contribution in [0, 0.1) is 0 Å². The Labute approximate surface area is 134 Å². The summed E-state index contributed by atoms with van der Waals surface area (Å²) in [7, 11) is 0. The summed E-state index contributed by atoms with van der Waals surface area (Å²) in [4.78, 5) is 0. The van der Waals surface area contributed by atoms with E-state index in [0.29, 0.717) is 5.02 Å². The van der Waals surface area contributed by atoms with E-state index in [1.54, 1.807) is 0 Å². The van der Waals surface area contributed by atoms with E-state index < -0.39 is 11.8 Å². The van der Waals surface area contributed by atoms with Gasteiger partial charge in [0.05, 0.1) is 11.9 Å². The third-order valence-corrected chi connectivity index (χ3v) is 4.38. The summed E-state index contributed by atoms with van der Waals surface area (Å²) >= 11 is 12.2. The molecule has 3 rings (SSSR count). The molecule has 21 heavy (non-hydrogen) atoms. The van der Waals surface area contributed by atoms with E-state index in [1.807, 2.05) is 49.4 Å². The van der Waals surface area contributed by atoms with E-state index in [2.05, 4.69) is 16.7 Å². The van der Waals surface area contributed by atoms with Gasteiger partial charge in [0.2, 0.25) is 0 Å². The maximum Gasteiger partial charge on any atom is 0.175 e. The fourth-order valence-electron chi connectivity index (χ4n) is 3.06. The molecule has 0 saturated carbocycles. The molecule has 0 aliphatic carbocycles. The van der Waals surface area contributed by atoms with Crippen LogP contribution in [0.5, 0.6) is 0 Å². The molecule has 1 aliphatic rings. The second kappa shape index (κ2) is 5.85. The minimum atomic E-state index is -0.620. The first kappa shape index (κ1) is 14.7. The molecule has 1 aliphatic heterocycles. The van der Waals surface area contributed by atoms with E-state index in [1.165, 1.54) is 0 Å². The molecule has 0 spiro atoms. The SMILES string of the molecule is CCNC1(c2ccccc2Cl)c2ccccc2NC1OCl. The maximum absolute atomic E-state index is 6.45. The molecule has 0 fully saturated rings. The van der Waals surface area contributed by atoms with E-state index >= 15 is 0 Å². The van der Waals surface area contributed by atoms with Crippen LogP contribution in [-0.2, 0) is 9.83 Å². The summed E-state index contributed by atoms with van der Waals surface area (Å²) in [6.07, 6.45) is -0.448. The van der Waals surface area contributed by atoms with Gasteiger partial charge in [-0.2, -0.15) is 0 Å². The third kappa shape index (κ3) is 2.21. The lowest BCUT2D eigenvalue weighted by atomic mass is 9.83. The average Bonchev–Trinajstić information content (AvgIpc) is 2.83. The zero-order chi connectivity index (χ0) is 14.9. The minimum Gasteiger partial charge on any atom is -0.356 e. The Morgan fingerprint density at radius 2 is 1.81 bits per heavy atom. The van der Waals surface area contributed by atoms with Crippen molar-refractivity contribution in [2.24, 2.45) is 0 Å². The first-order chi connectivity index (χ1) is 10.2. The molecule has 5 heteroatoms. The van der Waals surface area contributed by atoms with Crippen molar-refractivity contribution in [2.75, 3.05) is 11.9 Å². The van der Waals surface area contributed by atoms with E-state index in [9.17, 15) is 0 Å². The van der Waals surface area contributed by atoms with Crippen LogP contribution in [-0.4, -0.2) is 12.8 Å². The van der Waals surface area contributed by atoms with Crippen LogP contribution in [0.1, 0.15) is 18.1 Å². The number of likely N-dealkylation sites (N-methyl/N-ethyl adjacent to an activating group) is 1. The van der Waals surface area contributed by atoms with Crippen LogP contribution in [0.3, 0.4) is 0 Å². The van der Waals surface area contributed by atoms with Crippen molar-refractivity contribution in [1.29, 1.82) is 0 Å². The van der Waals surface area contributed by atoms with E-state index in [0.717, 1.165) is 23.4 Å². The highest BCUT2D eigenvalue weighted by molar-refractivity contribution is 6.31. The predicted molar refractivity (Wildman–Crippen MR) is 86.7 cm³/mol. The summed E-state index contributed by atoms with van der Waals surface area (Å²) in [5.41, 5.74) is 2.39. The summed E-state index contributed by atoms with van der Waals surface area (Å²) in [6.45, 7) is 2.79. The lowest BCUT2D eigenvalue weighted by Gasteiger charge is -2.35. The van der Waals surface area contributed by atoms with E-state index in [4.69, 9.17) is 27.8 Å². The topological polar surface area (TPSA) is 33.3 Å². The Morgan fingerprint density at radius 1 is 1.14 bits per heavy atom. The number of anilines is 1. The number of hydrogen-bond acceptors (Lipinski definition) is 3. The Bertz CT molecular complexity index is 650. The van der Waals surface area contributed by atoms with Gasteiger partial charge in [0, 0.05) is 16.3 Å². The number of rotatable bonds is 4. The van der Waals surface area contributed by atoms with Crippen molar-refractivity contribution in [3.63, 3.8) is 0 Å². The number of nitrogens with one attached hydrogen (secondary N) is 2. The van der Waals surface area contributed by atoms with Gasteiger partial charge in [0.15, 0.2) is 6.23 Å². The zero-order valence-corrected chi connectivity index (χ0v) is 13.1.